The molecule has 1 aromatic carbocycles. The highest BCUT2D eigenvalue weighted by atomic mass is 16.5. The third-order valence-corrected chi connectivity index (χ3v) is 2.89. The van der Waals surface area contributed by atoms with Crippen LogP contribution in [0.1, 0.15) is 16.8 Å². The van der Waals surface area contributed by atoms with Crippen molar-refractivity contribution in [2.75, 3.05) is 12.4 Å². The topological polar surface area (TPSA) is 57.9 Å². The minimum Gasteiger partial charge on any atom is -0.495 e. The lowest BCUT2D eigenvalue weighted by atomic mass is 10.2. The van der Waals surface area contributed by atoms with Gasteiger partial charge in [-0.3, -0.25) is 4.98 Å². The molecule has 2 rings (SSSR count). The summed E-state index contributed by atoms with van der Waals surface area (Å²) in [4.78, 5) is 4.33. The van der Waals surface area contributed by atoms with E-state index in [0.717, 1.165) is 16.9 Å². The van der Waals surface area contributed by atoms with E-state index in [9.17, 15) is 0 Å². The van der Waals surface area contributed by atoms with Crippen molar-refractivity contribution in [3.05, 3.63) is 53.3 Å². The van der Waals surface area contributed by atoms with Gasteiger partial charge in [0.05, 0.1) is 36.7 Å². The van der Waals surface area contributed by atoms with Crippen LogP contribution in [-0.2, 0) is 6.54 Å². The SMILES string of the molecule is COc1cc(C#N)ccc1NCc1ncccc1C. The van der Waals surface area contributed by atoms with Crippen LogP contribution in [0.2, 0.25) is 0 Å². The first kappa shape index (κ1) is 12.9. The van der Waals surface area contributed by atoms with Gasteiger partial charge < -0.3 is 10.1 Å². The average molecular weight is 253 g/mol. The monoisotopic (exact) mass is 253 g/mol. The molecule has 0 fully saturated rings. The summed E-state index contributed by atoms with van der Waals surface area (Å²) in [6.07, 6.45) is 1.78. The standard InChI is InChI=1S/C15H15N3O/c1-11-4-3-7-17-14(11)10-18-13-6-5-12(9-16)8-15(13)19-2/h3-8,18H,10H2,1-2H3. The Morgan fingerprint density at radius 2 is 2.21 bits per heavy atom. The number of methoxy groups -OCH3 is 1. The molecule has 0 saturated heterocycles. The van der Waals surface area contributed by atoms with Crippen molar-refractivity contribution in [1.29, 1.82) is 5.26 Å². The van der Waals surface area contributed by atoms with E-state index in [1.807, 2.05) is 25.1 Å². The number of aryl methyl sites for hydroxylation is 1. The molecule has 0 spiro atoms. The van der Waals surface area contributed by atoms with E-state index in [2.05, 4.69) is 16.4 Å². The number of hydrogen-bond donors (Lipinski definition) is 1. The van der Waals surface area contributed by atoms with Gasteiger partial charge in [-0.15, -0.1) is 0 Å². The molecule has 0 aliphatic rings. The maximum atomic E-state index is 8.86. The summed E-state index contributed by atoms with van der Waals surface area (Å²) < 4.78 is 5.27. The smallest absolute Gasteiger partial charge is 0.143 e. The van der Waals surface area contributed by atoms with Crippen molar-refractivity contribution in [1.82, 2.24) is 4.98 Å². The van der Waals surface area contributed by atoms with Gasteiger partial charge in [-0.05, 0) is 30.7 Å². The van der Waals surface area contributed by atoms with Crippen LogP contribution in [0, 0.1) is 18.3 Å². The highest BCUT2D eigenvalue weighted by Crippen LogP contribution is 2.25. The molecule has 1 N–H and O–H groups in total. The molecule has 0 amide bonds. The molecule has 0 radical (unpaired) electrons. The number of benzene rings is 1. The third kappa shape index (κ3) is 3.02. The third-order valence-electron chi connectivity index (χ3n) is 2.89. The van der Waals surface area contributed by atoms with Crippen molar-refractivity contribution < 1.29 is 4.74 Å². The highest BCUT2D eigenvalue weighted by molar-refractivity contribution is 5.59. The van der Waals surface area contributed by atoms with E-state index >= 15 is 0 Å². The van der Waals surface area contributed by atoms with Gasteiger partial charge in [0.1, 0.15) is 5.75 Å². The summed E-state index contributed by atoms with van der Waals surface area (Å²) in [5.74, 6) is 0.660. The van der Waals surface area contributed by atoms with Crippen LogP contribution in [0.3, 0.4) is 0 Å². The lowest BCUT2D eigenvalue weighted by molar-refractivity contribution is 0.416. The summed E-state index contributed by atoms with van der Waals surface area (Å²) >= 11 is 0. The summed E-state index contributed by atoms with van der Waals surface area (Å²) in [7, 11) is 1.59. The Morgan fingerprint density at radius 1 is 1.37 bits per heavy atom. The minimum absolute atomic E-state index is 0.580. The lowest BCUT2D eigenvalue weighted by Crippen LogP contribution is -2.04. The second-order valence-electron chi connectivity index (χ2n) is 4.15. The molecular weight excluding hydrogens is 238 g/mol. The second kappa shape index (κ2) is 5.87. The Balaban J connectivity index is 2.16. The summed E-state index contributed by atoms with van der Waals surface area (Å²) in [5.41, 5.74) is 3.57. The number of nitriles is 1. The van der Waals surface area contributed by atoms with Gasteiger partial charge in [0.25, 0.3) is 0 Å². The van der Waals surface area contributed by atoms with Crippen molar-refractivity contribution >= 4 is 5.69 Å². The predicted molar refractivity (Wildman–Crippen MR) is 74.0 cm³/mol. The number of rotatable bonds is 4. The molecule has 19 heavy (non-hydrogen) atoms. The Kier molecular flexibility index (Phi) is 3.99. The first-order valence-electron chi connectivity index (χ1n) is 5.97. The van der Waals surface area contributed by atoms with Crippen molar-refractivity contribution in [2.45, 2.75) is 13.5 Å². The molecule has 0 aliphatic carbocycles. The van der Waals surface area contributed by atoms with Gasteiger partial charge in [0, 0.05) is 12.3 Å². The fourth-order valence-corrected chi connectivity index (χ4v) is 1.79. The van der Waals surface area contributed by atoms with Crippen molar-refractivity contribution in [3.8, 4) is 11.8 Å². The fourth-order valence-electron chi connectivity index (χ4n) is 1.79. The normalized spacial score (nSPS) is 9.74. The molecule has 4 nitrogen and oxygen atoms in total. The van der Waals surface area contributed by atoms with Crippen LogP contribution >= 0.6 is 0 Å². The molecule has 0 bridgehead atoms. The van der Waals surface area contributed by atoms with Gasteiger partial charge in [0.2, 0.25) is 0 Å². The van der Waals surface area contributed by atoms with Crippen molar-refractivity contribution in [3.63, 3.8) is 0 Å². The summed E-state index contributed by atoms with van der Waals surface area (Å²) in [6, 6.07) is 11.4. The van der Waals surface area contributed by atoms with Crippen molar-refractivity contribution in [2.24, 2.45) is 0 Å². The van der Waals surface area contributed by atoms with Gasteiger partial charge in [0.15, 0.2) is 0 Å². The molecule has 0 atom stereocenters. The van der Waals surface area contributed by atoms with Crippen LogP contribution in [0.15, 0.2) is 36.5 Å². The van der Waals surface area contributed by atoms with Gasteiger partial charge in [-0.2, -0.15) is 5.26 Å². The Hall–Kier alpha value is -2.54. The molecule has 1 heterocycles. The number of nitrogens with zero attached hydrogens (tertiary/aromatic N) is 2. The largest absolute Gasteiger partial charge is 0.495 e. The first-order valence-corrected chi connectivity index (χ1v) is 5.97. The maximum absolute atomic E-state index is 8.86. The first-order chi connectivity index (χ1) is 9.24. The highest BCUT2D eigenvalue weighted by Gasteiger charge is 2.05. The summed E-state index contributed by atoms with van der Waals surface area (Å²) in [5, 5.41) is 12.1. The molecule has 0 saturated carbocycles. The summed E-state index contributed by atoms with van der Waals surface area (Å²) in [6.45, 7) is 2.65. The second-order valence-corrected chi connectivity index (χ2v) is 4.15. The number of aromatic nitrogens is 1. The molecular formula is C15H15N3O. The fraction of sp³-hybridized carbons (Fsp3) is 0.200. The van der Waals surface area contributed by atoms with Crippen LogP contribution in [0.4, 0.5) is 5.69 Å². The van der Waals surface area contributed by atoms with E-state index in [-0.39, 0.29) is 0 Å². The van der Waals surface area contributed by atoms with E-state index in [4.69, 9.17) is 10.00 Å². The average Bonchev–Trinajstić information content (AvgIpc) is 2.46. The van der Waals surface area contributed by atoms with Gasteiger partial charge >= 0.3 is 0 Å². The van der Waals surface area contributed by atoms with E-state index in [1.54, 1.807) is 25.4 Å². The number of nitrogens with one attached hydrogen (secondary N) is 1. The zero-order valence-electron chi connectivity index (χ0n) is 11.0. The zero-order chi connectivity index (χ0) is 13.7. The van der Waals surface area contributed by atoms with E-state index in [0.29, 0.717) is 17.9 Å². The number of ether oxygens (including phenoxy) is 1. The number of hydrogen-bond acceptors (Lipinski definition) is 4. The molecule has 96 valence electrons. The maximum Gasteiger partial charge on any atom is 0.143 e. The van der Waals surface area contributed by atoms with E-state index < -0.39 is 0 Å². The Labute approximate surface area is 112 Å². The quantitative estimate of drug-likeness (QED) is 0.910. The molecule has 4 heteroatoms. The molecule has 0 aliphatic heterocycles. The van der Waals surface area contributed by atoms with Gasteiger partial charge in [-0.25, -0.2) is 0 Å². The van der Waals surface area contributed by atoms with Gasteiger partial charge in [-0.1, -0.05) is 6.07 Å². The predicted octanol–water partition coefficient (Wildman–Crippen LogP) is 2.88. The number of pyridine rings is 1. The molecule has 1 aromatic heterocycles. The van der Waals surface area contributed by atoms with Crippen LogP contribution in [0.5, 0.6) is 5.75 Å². The zero-order valence-corrected chi connectivity index (χ0v) is 11.0. The van der Waals surface area contributed by atoms with Crippen LogP contribution in [-0.4, -0.2) is 12.1 Å². The van der Waals surface area contributed by atoms with Crippen LogP contribution < -0.4 is 10.1 Å². The van der Waals surface area contributed by atoms with Crippen LogP contribution in [0.25, 0.3) is 0 Å². The minimum atomic E-state index is 0.580. The van der Waals surface area contributed by atoms with E-state index in [1.165, 1.54) is 0 Å². The lowest BCUT2D eigenvalue weighted by Gasteiger charge is -2.12. The Morgan fingerprint density at radius 3 is 2.89 bits per heavy atom. The molecule has 0 unspecified atom stereocenters. The Bertz CT molecular complexity index is 617. The molecule has 2 aromatic rings. The number of anilines is 1.